The minimum absolute atomic E-state index is 0.183. The van der Waals surface area contributed by atoms with Crippen molar-refractivity contribution in [2.45, 2.75) is 0 Å². The van der Waals surface area contributed by atoms with Gasteiger partial charge in [0.05, 0.1) is 0 Å². The van der Waals surface area contributed by atoms with Crippen LogP contribution in [-0.4, -0.2) is 14.9 Å². The quantitative estimate of drug-likeness (QED) is 0.670. The van der Waals surface area contributed by atoms with Crippen molar-refractivity contribution in [3.8, 4) is 17.2 Å². The van der Waals surface area contributed by atoms with Crippen LogP contribution in [0.5, 0.6) is 5.75 Å². The molecular weight excluding hydrogens is 218 g/mol. The number of hydrogen-bond donors (Lipinski definition) is 2. The van der Waals surface area contributed by atoms with E-state index in [1.165, 1.54) is 0 Å². The molecule has 1 aromatic carbocycles. The summed E-state index contributed by atoms with van der Waals surface area (Å²) in [5, 5.41) is 14.4. The van der Waals surface area contributed by atoms with Gasteiger partial charge in [-0.1, -0.05) is 0 Å². The second-order valence-electron chi connectivity index (χ2n) is 3.91. The number of aromatic hydroxyl groups is 1. The predicted octanol–water partition coefficient (Wildman–Crippen LogP) is 2.12. The first kappa shape index (κ1) is 9.77. The van der Waals surface area contributed by atoms with Gasteiger partial charge in [-0.2, -0.15) is 5.10 Å². The number of aryl methyl sites for hydroxylation is 1. The number of rotatable bonds is 1. The van der Waals surface area contributed by atoms with Crippen LogP contribution in [0.15, 0.2) is 34.7 Å². The maximum absolute atomic E-state index is 9.37. The molecule has 0 unspecified atom stereocenters. The number of hydrogen-bond acceptors (Lipinski definition) is 4. The summed E-state index contributed by atoms with van der Waals surface area (Å²) >= 11 is 0. The van der Waals surface area contributed by atoms with Crippen molar-refractivity contribution >= 4 is 16.8 Å². The summed E-state index contributed by atoms with van der Waals surface area (Å²) in [6.45, 7) is 0. The van der Waals surface area contributed by atoms with Crippen LogP contribution in [0.4, 0.5) is 5.82 Å². The zero-order chi connectivity index (χ0) is 12.0. The molecule has 0 fully saturated rings. The van der Waals surface area contributed by atoms with E-state index in [4.69, 9.17) is 10.2 Å². The molecule has 17 heavy (non-hydrogen) atoms. The van der Waals surface area contributed by atoms with E-state index in [1.807, 2.05) is 6.07 Å². The van der Waals surface area contributed by atoms with Gasteiger partial charge in [0.15, 0.2) is 5.76 Å². The number of nitrogen functional groups attached to an aromatic ring is 1. The van der Waals surface area contributed by atoms with E-state index >= 15 is 0 Å². The zero-order valence-electron chi connectivity index (χ0n) is 9.21. The Kier molecular flexibility index (Phi) is 1.89. The fraction of sp³-hybridized carbons (Fsp3) is 0.0833. The fourth-order valence-electron chi connectivity index (χ4n) is 1.87. The molecule has 0 spiro atoms. The number of nitrogens with two attached hydrogens (primary N) is 1. The number of benzene rings is 1. The Morgan fingerprint density at radius 1 is 1.29 bits per heavy atom. The standard InChI is InChI=1S/C12H11N3O2/c1-15-9(6-12(13)14-15)11-4-7-2-3-8(16)5-10(7)17-11/h2-6,16H,1H3,(H2,13,14). The molecule has 86 valence electrons. The fourth-order valence-corrected chi connectivity index (χ4v) is 1.87. The van der Waals surface area contributed by atoms with E-state index in [9.17, 15) is 5.11 Å². The van der Waals surface area contributed by atoms with Gasteiger partial charge in [0.25, 0.3) is 0 Å². The van der Waals surface area contributed by atoms with Gasteiger partial charge in [-0.05, 0) is 18.2 Å². The highest BCUT2D eigenvalue weighted by atomic mass is 16.3. The monoisotopic (exact) mass is 229 g/mol. The van der Waals surface area contributed by atoms with Crippen molar-refractivity contribution in [1.29, 1.82) is 0 Å². The molecule has 0 bridgehead atoms. The highest BCUT2D eigenvalue weighted by Gasteiger charge is 2.11. The molecule has 5 nitrogen and oxygen atoms in total. The van der Waals surface area contributed by atoms with Crippen LogP contribution in [0.3, 0.4) is 0 Å². The highest BCUT2D eigenvalue weighted by Crippen LogP contribution is 2.30. The lowest BCUT2D eigenvalue weighted by atomic mass is 10.2. The Morgan fingerprint density at radius 2 is 2.12 bits per heavy atom. The van der Waals surface area contributed by atoms with Crippen molar-refractivity contribution in [2.24, 2.45) is 7.05 Å². The lowest BCUT2D eigenvalue weighted by molar-refractivity contribution is 0.474. The van der Waals surface area contributed by atoms with Crippen LogP contribution >= 0.6 is 0 Å². The van der Waals surface area contributed by atoms with Gasteiger partial charge in [0.2, 0.25) is 0 Å². The third kappa shape index (κ3) is 1.52. The normalized spacial score (nSPS) is 11.1. The second-order valence-corrected chi connectivity index (χ2v) is 3.91. The molecule has 0 radical (unpaired) electrons. The molecular formula is C12H11N3O2. The van der Waals surface area contributed by atoms with Crippen LogP contribution in [0.2, 0.25) is 0 Å². The summed E-state index contributed by atoms with van der Waals surface area (Å²) in [7, 11) is 1.80. The van der Waals surface area contributed by atoms with Crippen molar-refractivity contribution < 1.29 is 9.52 Å². The first-order valence-electron chi connectivity index (χ1n) is 5.16. The molecule has 2 aromatic heterocycles. The summed E-state index contributed by atoms with van der Waals surface area (Å²) in [4.78, 5) is 0. The van der Waals surface area contributed by atoms with Crippen molar-refractivity contribution in [1.82, 2.24) is 9.78 Å². The smallest absolute Gasteiger partial charge is 0.153 e. The van der Waals surface area contributed by atoms with E-state index in [1.54, 1.807) is 36.0 Å². The number of anilines is 1. The molecule has 3 aromatic rings. The van der Waals surface area contributed by atoms with Gasteiger partial charge in [0, 0.05) is 24.6 Å². The van der Waals surface area contributed by atoms with Crippen molar-refractivity contribution in [3.05, 3.63) is 30.3 Å². The SMILES string of the molecule is Cn1nc(N)cc1-c1cc2ccc(O)cc2o1. The van der Waals surface area contributed by atoms with Gasteiger partial charge >= 0.3 is 0 Å². The second kappa shape index (κ2) is 3.28. The Hall–Kier alpha value is -2.43. The lowest BCUT2D eigenvalue weighted by Gasteiger charge is -1.95. The van der Waals surface area contributed by atoms with Gasteiger partial charge < -0.3 is 15.3 Å². The Bertz CT molecular complexity index is 697. The van der Waals surface area contributed by atoms with E-state index in [2.05, 4.69) is 5.10 Å². The van der Waals surface area contributed by atoms with Crippen LogP contribution in [0.1, 0.15) is 0 Å². The van der Waals surface area contributed by atoms with E-state index in [-0.39, 0.29) is 5.75 Å². The third-order valence-corrected chi connectivity index (χ3v) is 2.65. The highest BCUT2D eigenvalue weighted by molar-refractivity contribution is 5.83. The van der Waals surface area contributed by atoms with Crippen LogP contribution in [0, 0.1) is 0 Å². The Morgan fingerprint density at radius 3 is 2.82 bits per heavy atom. The maximum atomic E-state index is 9.37. The molecule has 0 saturated carbocycles. The number of nitrogens with zero attached hydrogens (tertiary/aromatic N) is 2. The number of furan rings is 1. The lowest BCUT2D eigenvalue weighted by Crippen LogP contribution is -1.93. The number of phenolic OH excluding ortho intramolecular Hbond substituents is 1. The number of aromatic nitrogens is 2. The molecule has 2 heterocycles. The first-order valence-corrected chi connectivity index (χ1v) is 5.16. The molecule has 0 aliphatic carbocycles. The van der Waals surface area contributed by atoms with Gasteiger partial charge in [0.1, 0.15) is 22.8 Å². The number of phenols is 1. The molecule has 0 amide bonds. The predicted molar refractivity (Wildman–Crippen MR) is 64.5 cm³/mol. The minimum Gasteiger partial charge on any atom is -0.508 e. The van der Waals surface area contributed by atoms with E-state index in [0.717, 1.165) is 11.1 Å². The van der Waals surface area contributed by atoms with Crippen LogP contribution in [-0.2, 0) is 7.05 Å². The summed E-state index contributed by atoms with van der Waals surface area (Å²) in [5.41, 5.74) is 7.06. The molecule has 0 aliphatic heterocycles. The molecule has 0 aliphatic rings. The molecule has 3 rings (SSSR count). The van der Waals surface area contributed by atoms with Crippen molar-refractivity contribution in [2.75, 3.05) is 5.73 Å². The van der Waals surface area contributed by atoms with Gasteiger partial charge in [-0.3, -0.25) is 4.68 Å². The number of fused-ring (bicyclic) bond motifs is 1. The van der Waals surface area contributed by atoms with Gasteiger partial charge in [-0.15, -0.1) is 0 Å². The summed E-state index contributed by atoms with van der Waals surface area (Å²) < 4.78 is 7.31. The topological polar surface area (TPSA) is 77.2 Å². The molecule has 0 saturated heterocycles. The third-order valence-electron chi connectivity index (χ3n) is 2.65. The van der Waals surface area contributed by atoms with Crippen LogP contribution < -0.4 is 5.73 Å². The summed E-state index contributed by atoms with van der Waals surface area (Å²) in [5.74, 6) is 1.31. The molecule has 5 heteroatoms. The van der Waals surface area contributed by atoms with E-state index < -0.39 is 0 Å². The summed E-state index contributed by atoms with van der Waals surface area (Å²) in [6, 6.07) is 8.65. The average molecular weight is 229 g/mol. The average Bonchev–Trinajstić information content (AvgIpc) is 2.80. The van der Waals surface area contributed by atoms with Crippen LogP contribution in [0.25, 0.3) is 22.4 Å². The Labute approximate surface area is 97.1 Å². The zero-order valence-corrected chi connectivity index (χ0v) is 9.21. The largest absolute Gasteiger partial charge is 0.508 e. The van der Waals surface area contributed by atoms with E-state index in [0.29, 0.717) is 17.2 Å². The van der Waals surface area contributed by atoms with Crippen molar-refractivity contribution in [3.63, 3.8) is 0 Å². The molecule has 3 N–H and O–H groups in total. The molecule has 0 atom stereocenters. The van der Waals surface area contributed by atoms with Gasteiger partial charge in [-0.25, -0.2) is 0 Å². The maximum Gasteiger partial charge on any atom is 0.153 e. The Balaban J connectivity index is 2.21. The summed E-state index contributed by atoms with van der Waals surface area (Å²) in [6.07, 6.45) is 0. The first-order chi connectivity index (χ1) is 8.13. The minimum atomic E-state index is 0.183.